The Morgan fingerprint density at radius 1 is 0.971 bits per heavy atom. The molecule has 0 atom stereocenters. The van der Waals surface area contributed by atoms with Gasteiger partial charge in [0.15, 0.2) is 6.61 Å². The van der Waals surface area contributed by atoms with Crippen LogP contribution in [0.5, 0.6) is 11.5 Å². The highest BCUT2D eigenvalue weighted by atomic mass is 79.9. The number of benzene rings is 4. The maximum absolute atomic E-state index is 12.7. The number of halogens is 1. The number of rotatable bonds is 7. The van der Waals surface area contributed by atoms with Crippen molar-refractivity contribution in [3.63, 3.8) is 0 Å². The van der Waals surface area contributed by atoms with Gasteiger partial charge in [-0.15, -0.1) is 0 Å². The second kappa shape index (κ2) is 11.0. The number of nitrogens with one attached hydrogen (secondary N) is 1. The number of amides is 1. The fourth-order valence-corrected chi connectivity index (χ4v) is 4.41. The minimum absolute atomic E-state index is 0.164. The van der Waals surface area contributed by atoms with E-state index >= 15 is 0 Å². The maximum Gasteiger partial charge on any atom is 0.344 e. The summed E-state index contributed by atoms with van der Waals surface area (Å²) in [5.74, 6) is 0.236. The van der Waals surface area contributed by atoms with Crippen molar-refractivity contribution in [2.24, 2.45) is 5.10 Å². The van der Waals surface area contributed by atoms with Crippen molar-refractivity contribution in [1.82, 2.24) is 5.43 Å². The first-order chi connectivity index (χ1) is 16.9. The molecule has 0 unspecified atom stereocenters. The van der Waals surface area contributed by atoms with Crippen LogP contribution in [0.2, 0.25) is 0 Å². The first kappa shape index (κ1) is 24.2. The lowest BCUT2D eigenvalue weighted by atomic mass is 10.0. The number of nitrogens with zero attached hydrogens (tertiary/aromatic N) is 1. The van der Waals surface area contributed by atoms with E-state index in [1.807, 2.05) is 62.4 Å². The van der Waals surface area contributed by atoms with Gasteiger partial charge < -0.3 is 9.47 Å². The molecule has 1 amide bonds. The van der Waals surface area contributed by atoms with Crippen molar-refractivity contribution in [2.75, 3.05) is 6.61 Å². The summed E-state index contributed by atoms with van der Waals surface area (Å²) in [5.41, 5.74) is 5.72. The van der Waals surface area contributed by atoms with Crippen LogP contribution in [0.15, 0.2) is 88.4 Å². The summed E-state index contributed by atoms with van der Waals surface area (Å²) in [6.07, 6.45) is 1.50. The molecule has 0 aromatic heterocycles. The molecule has 0 aliphatic heterocycles. The third kappa shape index (κ3) is 6.13. The van der Waals surface area contributed by atoms with Gasteiger partial charge in [-0.25, -0.2) is 10.2 Å². The van der Waals surface area contributed by atoms with Gasteiger partial charge >= 0.3 is 5.97 Å². The molecule has 4 aromatic carbocycles. The van der Waals surface area contributed by atoms with Crippen LogP contribution in [-0.4, -0.2) is 24.7 Å². The first-order valence-corrected chi connectivity index (χ1v) is 11.7. The van der Waals surface area contributed by atoms with Crippen molar-refractivity contribution in [3.8, 4) is 11.5 Å². The van der Waals surface area contributed by atoms with E-state index in [-0.39, 0.29) is 12.5 Å². The Bertz CT molecular complexity index is 1390. The van der Waals surface area contributed by atoms with Gasteiger partial charge in [-0.1, -0.05) is 42.5 Å². The van der Waals surface area contributed by atoms with E-state index in [1.54, 1.807) is 30.3 Å². The average Bonchev–Trinajstić information content (AvgIpc) is 2.84. The van der Waals surface area contributed by atoms with Crippen molar-refractivity contribution in [2.45, 2.75) is 13.8 Å². The zero-order chi connectivity index (χ0) is 24.8. The van der Waals surface area contributed by atoms with Crippen molar-refractivity contribution in [1.29, 1.82) is 0 Å². The third-order valence-electron chi connectivity index (χ3n) is 5.22. The molecule has 35 heavy (non-hydrogen) atoms. The molecule has 0 bridgehead atoms. The molecule has 176 valence electrons. The highest BCUT2D eigenvalue weighted by Crippen LogP contribution is 2.30. The molecule has 0 saturated carbocycles. The third-order valence-corrected chi connectivity index (χ3v) is 5.81. The first-order valence-electron chi connectivity index (χ1n) is 10.9. The monoisotopic (exact) mass is 530 g/mol. The largest absolute Gasteiger partial charge is 0.482 e. The number of hydrogen-bond acceptors (Lipinski definition) is 5. The zero-order valence-electron chi connectivity index (χ0n) is 19.2. The molecule has 0 aliphatic carbocycles. The van der Waals surface area contributed by atoms with Crippen molar-refractivity contribution >= 4 is 44.8 Å². The number of hydrogen-bond donors (Lipinski definition) is 1. The lowest BCUT2D eigenvalue weighted by Gasteiger charge is -2.11. The highest BCUT2D eigenvalue weighted by molar-refractivity contribution is 9.10. The molecule has 0 fully saturated rings. The molecule has 0 aliphatic rings. The van der Waals surface area contributed by atoms with Crippen LogP contribution in [0.1, 0.15) is 27.0 Å². The van der Waals surface area contributed by atoms with Crippen LogP contribution >= 0.6 is 15.9 Å². The molecule has 0 heterocycles. The Labute approximate surface area is 211 Å². The minimum Gasteiger partial charge on any atom is -0.482 e. The van der Waals surface area contributed by atoms with Crippen LogP contribution in [-0.2, 0) is 4.79 Å². The number of fused-ring (bicyclic) bond motifs is 1. The molecular formula is C28H23BrN2O4. The Hall–Kier alpha value is -3.97. The molecule has 0 saturated heterocycles. The lowest BCUT2D eigenvalue weighted by Crippen LogP contribution is -2.24. The fourth-order valence-electron chi connectivity index (χ4n) is 3.62. The summed E-state index contributed by atoms with van der Waals surface area (Å²) in [6, 6.07) is 23.9. The maximum atomic E-state index is 12.7. The van der Waals surface area contributed by atoms with Gasteiger partial charge in [0.2, 0.25) is 0 Å². The van der Waals surface area contributed by atoms with Gasteiger partial charge in [0.05, 0.1) is 16.3 Å². The Kier molecular flexibility index (Phi) is 7.57. The molecule has 4 rings (SSSR count). The predicted molar refractivity (Wildman–Crippen MR) is 140 cm³/mol. The second-order valence-electron chi connectivity index (χ2n) is 7.96. The number of ether oxygens (including phenoxy) is 2. The van der Waals surface area contributed by atoms with Crippen LogP contribution in [0.4, 0.5) is 0 Å². The highest BCUT2D eigenvalue weighted by Gasteiger charge is 2.12. The van der Waals surface area contributed by atoms with Crippen LogP contribution in [0.25, 0.3) is 10.8 Å². The van der Waals surface area contributed by atoms with E-state index in [2.05, 4.69) is 26.5 Å². The van der Waals surface area contributed by atoms with Gasteiger partial charge in [-0.2, -0.15) is 5.10 Å². The number of carbonyl (C=O) groups excluding carboxylic acids is 2. The summed E-state index contributed by atoms with van der Waals surface area (Å²) >= 11 is 3.46. The van der Waals surface area contributed by atoms with E-state index in [0.717, 1.165) is 31.9 Å². The number of hydrazone groups is 1. The van der Waals surface area contributed by atoms with E-state index in [0.29, 0.717) is 17.1 Å². The normalized spacial score (nSPS) is 10.9. The summed E-state index contributed by atoms with van der Waals surface area (Å²) < 4.78 is 12.0. The van der Waals surface area contributed by atoms with Gasteiger partial charge in [-0.05, 0) is 93.6 Å². The van der Waals surface area contributed by atoms with E-state index < -0.39 is 5.97 Å². The van der Waals surface area contributed by atoms with Crippen molar-refractivity contribution < 1.29 is 19.1 Å². The Morgan fingerprint density at radius 2 is 1.71 bits per heavy atom. The quantitative estimate of drug-likeness (QED) is 0.138. The molecule has 0 radical (unpaired) electrons. The standard InChI is InChI=1S/C28H23BrN2O4/c1-18-14-19(2)27(25(29)15-18)34-17-26(32)31-30-16-20-10-12-22(13-11-20)35-28(33)24-9-5-7-21-6-3-4-8-23(21)24/h3-16H,17H2,1-2H3,(H,31,32). The SMILES string of the molecule is Cc1cc(C)c(OCC(=O)NN=Cc2ccc(OC(=O)c3cccc4ccccc34)cc2)c(Br)c1. The van der Waals surface area contributed by atoms with Gasteiger partial charge in [0.1, 0.15) is 11.5 Å². The summed E-state index contributed by atoms with van der Waals surface area (Å²) in [4.78, 5) is 24.7. The van der Waals surface area contributed by atoms with Crippen LogP contribution in [0, 0.1) is 13.8 Å². The molecule has 6 nitrogen and oxygen atoms in total. The molecule has 4 aromatic rings. The zero-order valence-corrected chi connectivity index (χ0v) is 20.8. The summed E-state index contributed by atoms with van der Waals surface area (Å²) in [7, 11) is 0. The number of carbonyl (C=O) groups is 2. The fraction of sp³-hybridized carbons (Fsp3) is 0.107. The number of aryl methyl sites for hydroxylation is 2. The smallest absolute Gasteiger partial charge is 0.344 e. The average molecular weight is 531 g/mol. The summed E-state index contributed by atoms with van der Waals surface area (Å²) in [5, 5.41) is 5.78. The van der Waals surface area contributed by atoms with E-state index in [1.165, 1.54) is 6.21 Å². The Balaban J connectivity index is 1.31. The molecule has 0 spiro atoms. The van der Waals surface area contributed by atoms with Crippen molar-refractivity contribution in [3.05, 3.63) is 106 Å². The predicted octanol–water partition coefficient (Wildman–Crippen LogP) is 5.97. The molecule has 7 heteroatoms. The summed E-state index contributed by atoms with van der Waals surface area (Å²) in [6.45, 7) is 3.75. The molecule has 1 N–H and O–H groups in total. The van der Waals surface area contributed by atoms with E-state index in [9.17, 15) is 9.59 Å². The van der Waals surface area contributed by atoms with Gasteiger partial charge in [0.25, 0.3) is 5.91 Å². The lowest BCUT2D eigenvalue weighted by molar-refractivity contribution is -0.123. The van der Waals surface area contributed by atoms with E-state index in [4.69, 9.17) is 9.47 Å². The van der Waals surface area contributed by atoms with Gasteiger partial charge in [-0.3, -0.25) is 4.79 Å². The van der Waals surface area contributed by atoms with Crippen LogP contribution in [0.3, 0.4) is 0 Å². The topological polar surface area (TPSA) is 77.0 Å². The number of esters is 1. The van der Waals surface area contributed by atoms with Crippen LogP contribution < -0.4 is 14.9 Å². The molecular weight excluding hydrogens is 508 g/mol. The second-order valence-corrected chi connectivity index (χ2v) is 8.81. The minimum atomic E-state index is -0.425. The Morgan fingerprint density at radius 3 is 2.49 bits per heavy atom. The van der Waals surface area contributed by atoms with Gasteiger partial charge in [0, 0.05) is 0 Å².